The molecule has 4 aromatic rings. The molecule has 2 aromatic heterocycles. The van der Waals surface area contributed by atoms with Gasteiger partial charge in [0.1, 0.15) is 34.4 Å². The van der Waals surface area contributed by atoms with Gasteiger partial charge in [-0.2, -0.15) is 0 Å². The number of hydrogen-bond donors (Lipinski definition) is 3. The zero-order valence-electron chi connectivity index (χ0n) is 18.9. The van der Waals surface area contributed by atoms with Gasteiger partial charge >= 0.3 is 0 Å². The highest BCUT2D eigenvalue weighted by atomic mass is 32.2. The van der Waals surface area contributed by atoms with E-state index in [1.165, 1.54) is 13.4 Å². The summed E-state index contributed by atoms with van der Waals surface area (Å²) in [7, 11) is -2.38. The van der Waals surface area contributed by atoms with Crippen molar-refractivity contribution in [2.45, 2.75) is 18.7 Å². The fraction of sp³-hybridized carbons (Fsp3) is 0.125. The second kappa shape index (κ2) is 9.75. The van der Waals surface area contributed by atoms with E-state index in [1.54, 1.807) is 54.7 Å². The highest BCUT2D eigenvalue weighted by Gasteiger charge is 2.20. The van der Waals surface area contributed by atoms with E-state index >= 15 is 0 Å². The molecule has 4 rings (SSSR count). The molecule has 0 amide bonds. The molecule has 2 aromatic carbocycles. The average molecular weight is 477 g/mol. The topological polar surface area (TPSA) is 118 Å². The molecule has 0 saturated heterocycles. The fourth-order valence-corrected chi connectivity index (χ4v) is 4.52. The molecule has 2 heterocycles. The summed E-state index contributed by atoms with van der Waals surface area (Å²) in [6.07, 6.45) is 3.17. The summed E-state index contributed by atoms with van der Waals surface area (Å²) < 4.78 is 33.6. The van der Waals surface area contributed by atoms with E-state index in [4.69, 9.17) is 4.74 Å². The third-order valence-corrected chi connectivity index (χ3v) is 6.26. The quantitative estimate of drug-likeness (QED) is 0.332. The molecule has 0 radical (unpaired) electrons. The molecule has 174 valence electrons. The zero-order chi connectivity index (χ0) is 24.1. The number of sulfonamides is 1. The van der Waals surface area contributed by atoms with Crippen molar-refractivity contribution in [3.05, 3.63) is 84.3 Å². The van der Waals surface area contributed by atoms with E-state index in [-0.39, 0.29) is 10.6 Å². The lowest BCUT2D eigenvalue weighted by Gasteiger charge is -2.13. The number of aromatic nitrogens is 3. The highest BCUT2D eigenvalue weighted by Crippen LogP contribution is 2.27. The number of methoxy groups -OCH3 is 1. The SMILES string of the molecule is COc1ccc(C)cc1S(=O)(=O)Nc1ccc(Nc2cc(Nc3cc(C)ccn3)ncn2)cc1. The monoisotopic (exact) mass is 476 g/mol. The number of anilines is 5. The molecule has 0 spiro atoms. The van der Waals surface area contributed by atoms with Gasteiger partial charge < -0.3 is 15.4 Å². The summed E-state index contributed by atoms with van der Waals surface area (Å²) in [6.45, 7) is 3.81. The van der Waals surface area contributed by atoms with Gasteiger partial charge in [-0.3, -0.25) is 4.72 Å². The second-order valence-electron chi connectivity index (χ2n) is 7.59. The van der Waals surface area contributed by atoms with Crippen LogP contribution in [0.3, 0.4) is 0 Å². The van der Waals surface area contributed by atoms with Crippen LogP contribution >= 0.6 is 0 Å². The first kappa shape index (κ1) is 23.0. The lowest BCUT2D eigenvalue weighted by molar-refractivity contribution is 0.402. The number of nitrogens with zero attached hydrogens (tertiary/aromatic N) is 3. The van der Waals surface area contributed by atoms with Gasteiger partial charge in [-0.15, -0.1) is 0 Å². The van der Waals surface area contributed by atoms with Gasteiger partial charge in [0.2, 0.25) is 0 Å². The molecule has 0 bridgehead atoms. The van der Waals surface area contributed by atoms with Crippen molar-refractivity contribution >= 4 is 38.9 Å². The normalized spacial score (nSPS) is 11.0. The van der Waals surface area contributed by atoms with Crippen LogP contribution in [0.1, 0.15) is 11.1 Å². The maximum Gasteiger partial charge on any atom is 0.265 e. The fourth-order valence-electron chi connectivity index (χ4n) is 3.20. The first-order valence-electron chi connectivity index (χ1n) is 10.4. The summed E-state index contributed by atoms with van der Waals surface area (Å²) in [5.41, 5.74) is 3.05. The molecule has 34 heavy (non-hydrogen) atoms. The first-order chi connectivity index (χ1) is 16.3. The van der Waals surface area contributed by atoms with Crippen LogP contribution in [0, 0.1) is 13.8 Å². The van der Waals surface area contributed by atoms with Crippen LogP contribution < -0.4 is 20.1 Å². The molecule has 3 N–H and O–H groups in total. The predicted octanol–water partition coefficient (Wildman–Crippen LogP) is 4.79. The summed E-state index contributed by atoms with van der Waals surface area (Å²) in [6, 6.07) is 17.4. The Kier molecular flexibility index (Phi) is 6.60. The van der Waals surface area contributed by atoms with Gasteiger partial charge in [-0.25, -0.2) is 23.4 Å². The largest absolute Gasteiger partial charge is 0.495 e. The van der Waals surface area contributed by atoms with Crippen LogP contribution in [0.2, 0.25) is 0 Å². The van der Waals surface area contributed by atoms with Crippen LogP contribution in [-0.2, 0) is 10.0 Å². The van der Waals surface area contributed by atoms with E-state index < -0.39 is 10.0 Å². The summed E-state index contributed by atoms with van der Waals surface area (Å²) in [4.78, 5) is 12.8. The van der Waals surface area contributed by atoms with Crippen molar-refractivity contribution in [1.82, 2.24) is 15.0 Å². The zero-order valence-corrected chi connectivity index (χ0v) is 19.7. The van der Waals surface area contributed by atoms with Crippen LogP contribution in [-0.4, -0.2) is 30.5 Å². The summed E-state index contributed by atoms with van der Waals surface area (Å²) in [5, 5.41) is 6.33. The van der Waals surface area contributed by atoms with Gasteiger partial charge in [0, 0.05) is 23.6 Å². The highest BCUT2D eigenvalue weighted by molar-refractivity contribution is 7.92. The minimum Gasteiger partial charge on any atom is -0.495 e. The molecule has 0 aliphatic carbocycles. The van der Waals surface area contributed by atoms with E-state index in [0.29, 0.717) is 23.1 Å². The van der Waals surface area contributed by atoms with Crippen molar-refractivity contribution in [1.29, 1.82) is 0 Å². The van der Waals surface area contributed by atoms with Crippen LogP contribution in [0.4, 0.5) is 28.8 Å². The molecule has 9 nitrogen and oxygen atoms in total. The summed E-state index contributed by atoms with van der Waals surface area (Å²) in [5.74, 6) is 2.13. The second-order valence-corrected chi connectivity index (χ2v) is 9.24. The van der Waals surface area contributed by atoms with Crippen molar-refractivity contribution in [2.75, 3.05) is 22.5 Å². The minimum atomic E-state index is -3.82. The number of benzene rings is 2. The third kappa shape index (κ3) is 5.59. The molecular weight excluding hydrogens is 452 g/mol. The average Bonchev–Trinajstić information content (AvgIpc) is 2.80. The Morgan fingerprint density at radius 1 is 0.735 bits per heavy atom. The van der Waals surface area contributed by atoms with Gasteiger partial charge in [0.05, 0.1) is 7.11 Å². The number of aryl methyl sites for hydroxylation is 2. The maximum atomic E-state index is 12.9. The van der Waals surface area contributed by atoms with E-state index in [9.17, 15) is 8.42 Å². The summed E-state index contributed by atoms with van der Waals surface area (Å²) >= 11 is 0. The standard InChI is InChI=1S/C24H24N6O3S/c1-16-4-9-20(33-3)21(12-16)34(31,32)30-19-7-5-18(6-8-19)28-23-14-24(27-15-26-23)29-22-13-17(2)10-11-25-22/h4-15,30H,1-3H3,(H2,25,26,27,28,29). The Labute approximate surface area is 198 Å². The molecule has 0 fully saturated rings. The molecule has 0 atom stereocenters. The van der Waals surface area contributed by atoms with E-state index in [1.807, 2.05) is 26.0 Å². The van der Waals surface area contributed by atoms with Crippen molar-refractivity contribution in [2.24, 2.45) is 0 Å². The smallest absolute Gasteiger partial charge is 0.265 e. The minimum absolute atomic E-state index is 0.0846. The predicted molar refractivity (Wildman–Crippen MR) is 133 cm³/mol. The molecular formula is C24H24N6O3S. The lowest BCUT2D eigenvalue weighted by atomic mass is 10.2. The Morgan fingerprint density at radius 2 is 1.38 bits per heavy atom. The molecule has 0 aliphatic heterocycles. The Hall–Kier alpha value is -4.18. The maximum absolute atomic E-state index is 12.9. The van der Waals surface area contributed by atoms with Gasteiger partial charge in [-0.05, 0) is 73.5 Å². The van der Waals surface area contributed by atoms with Crippen molar-refractivity contribution in [3.63, 3.8) is 0 Å². The number of hydrogen-bond acceptors (Lipinski definition) is 8. The van der Waals surface area contributed by atoms with Crippen LogP contribution in [0.15, 0.2) is 78.1 Å². The van der Waals surface area contributed by atoms with Gasteiger partial charge in [0.25, 0.3) is 10.0 Å². The molecule has 10 heteroatoms. The van der Waals surface area contributed by atoms with Crippen molar-refractivity contribution in [3.8, 4) is 5.75 Å². The first-order valence-corrected chi connectivity index (χ1v) is 11.9. The Balaban J connectivity index is 1.46. The lowest BCUT2D eigenvalue weighted by Crippen LogP contribution is -2.14. The molecule has 0 unspecified atom stereocenters. The van der Waals surface area contributed by atoms with Gasteiger partial charge in [0.15, 0.2) is 0 Å². The molecule has 0 saturated carbocycles. The number of pyridine rings is 1. The Bertz CT molecular complexity index is 1410. The van der Waals surface area contributed by atoms with E-state index in [2.05, 4.69) is 30.3 Å². The van der Waals surface area contributed by atoms with Crippen LogP contribution in [0.25, 0.3) is 0 Å². The van der Waals surface area contributed by atoms with Gasteiger partial charge in [-0.1, -0.05) is 6.07 Å². The number of ether oxygens (including phenoxy) is 1. The number of nitrogens with one attached hydrogen (secondary N) is 3. The van der Waals surface area contributed by atoms with E-state index in [0.717, 1.165) is 16.8 Å². The number of rotatable bonds is 8. The Morgan fingerprint density at radius 3 is 2.09 bits per heavy atom. The third-order valence-electron chi connectivity index (χ3n) is 4.86. The van der Waals surface area contributed by atoms with Crippen LogP contribution in [0.5, 0.6) is 5.75 Å². The van der Waals surface area contributed by atoms with Crippen molar-refractivity contribution < 1.29 is 13.2 Å². The molecule has 0 aliphatic rings.